The number of alkyl halides is 3. The van der Waals surface area contributed by atoms with Crippen LogP contribution >= 0.6 is 0 Å². The predicted octanol–water partition coefficient (Wildman–Crippen LogP) is 16.2. The smallest absolute Gasteiger partial charge is 0.421 e. The Labute approximate surface area is 664 Å². The van der Waals surface area contributed by atoms with E-state index >= 15 is 0 Å². The normalized spacial score (nSPS) is 11.8. The maximum Gasteiger partial charge on any atom is 0.421 e. The van der Waals surface area contributed by atoms with Crippen molar-refractivity contribution in [3.05, 3.63) is 285 Å². The van der Waals surface area contributed by atoms with Gasteiger partial charge < -0.3 is 78.2 Å². The van der Waals surface area contributed by atoms with Crippen molar-refractivity contribution < 1.29 is 55.4 Å². The van der Waals surface area contributed by atoms with Crippen molar-refractivity contribution in [3.8, 4) is 11.5 Å². The standard InChI is InChI=1S/C21H18F3N5O2.C21H20FN5O2.C21H21N5O.C20H23FN6O2/c1-3-18(30)26-13-6-4-7-14(10-13)27-19-17(21(22,23)24)12-25-20(29-19)28-15-8-5-9-16(11-15)31-2;1-3-19(28)25-15-5-4-6-16(11-15)26-20-18(22)13-24-21(27-20)23-12-14-7-9-17(29-2)10-8-14;1-3-19(27)22-14-16-9-11-18(12-10-16)24-20-15(2)13-23-21(26-20)25-17-7-5-4-6-8-17;1-3-18(29)23-14-6-4-7-15(10-14)24-19-17(21)11-22-20(26-19)25-16-8-5-9-27(12-16)13(2)28/h3-12H,1H2,2H3,(H,26,30)(H2,25,27,28,29);3-11,13H,1,12H2,2H3,(H,25,28)(H2,23,24,26,27);3-13H,1,14H2,2H3,(H,22,27)(H2,23,24,25,26);3-4,6-7,10-11,16H,1,5,8-9,12H2,2H3,(H,23,29)(H2,22,24,25,26). The maximum absolute atomic E-state index is 14.2. The number of anilines is 17. The summed E-state index contributed by atoms with van der Waals surface area (Å²) in [6, 6.07) is 51.7. The van der Waals surface area contributed by atoms with E-state index in [1.807, 2.05) is 85.8 Å². The minimum absolute atomic E-state index is 0.00315. The van der Waals surface area contributed by atoms with E-state index in [1.54, 1.807) is 116 Å². The van der Waals surface area contributed by atoms with Crippen molar-refractivity contribution in [2.45, 2.75) is 52.0 Å². The van der Waals surface area contributed by atoms with Crippen LogP contribution in [0.1, 0.15) is 42.0 Å². The van der Waals surface area contributed by atoms with Crippen LogP contribution < -0.4 is 73.3 Å². The lowest BCUT2D eigenvalue weighted by Gasteiger charge is -2.32. The Hall–Kier alpha value is -15.2. The molecule has 0 spiro atoms. The number of benzene rings is 7. The van der Waals surface area contributed by atoms with Crippen molar-refractivity contribution in [3.63, 3.8) is 0 Å². The first kappa shape index (κ1) is 84.8. The monoisotopic (exact) mass is 1580 g/mol. The zero-order valence-electron chi connectivity index (χ0n) is 63.3. The van der Waals surface area contributed by atoms with E-state index in [0.29, 0.717) is 77.3 Å². The Morgan fingerprint density at radius 1 is 0.466 bits per heavy atom. The van der Waals surface area contributed by atoms with Gasteiger partial charge in [0.2, 0.25) is 53.3 Å². The van der Waals surface area contributed by atoms with Gasteiger partial charge in [0, 0.05) is 114 Å². The molecule has 1 atom stereocenters. The lowest BCUT2D eigenvalue weighted by Crippen LogP contribution is -2.44. The Kier molecular flexibility index (Phi) is 30.9. The predicted molar refractivity (Wildman–Crippen MR) is 440 cm³/mol. The molecule has 1 fully saturated rings. The molecule has 28 nitrogen and oxygen atoms in total. The lowest BCUT2D eigenvalue weighted by molar-refractivity contribution is -0.137. The third-order valence-electron chi connectivity index (χ3n) is 16.3. The third-order valence-corrected chi connectivity index (χ3v) is 16.3. The highest BCUT2D eigenvalue weighted by atomic mass is 19.4. The van der Waals surface area contributed by atoms with Crippen molar-refractivity contribution in [2.75, 3.05) is 85.8 Å². The second-order valence-corrected chi connectivity index (χ2v) is 24.9. The molecule has 12 rings (SSSR count). The number of nitrogens with one attached hydrogen (secondary N) is 12. The highest BCUT2D eigenvalue weighted by Crippen LogP contribution is 2.36. The van der Waals surface area contributed by atoms with Gasteiger partial charge in [-0.15, -0.1) is 0 Å². The molecule has 7 aromatic carbocycles. The maximum atomic E-state index is 14.2. The van der Waals surface area contributed by atoms with Crippen LogP contribution in [0.15, 0.2) is 251 Å². The molecule has 0 bridgehead atoms. The van der Waals surface area contributed by atoms with E-state index in [0.717, 1.165) is 77.5 Å². The summed E-state index contributed by atoms with van der Waals surface area (Å²) in [5, 5.41) is 34.6. The number of nitrogens with zero attached hydrogens (tertiary/aromatic N) is 9. The number of ether oxygens (including phenoxy) is 2. The summed E-state index contributed by atoms with van der Waals surface area (Å²) in [5.41, 5.74) is 7.15. The van der Waals surface area contributed by atoms with Crippen LogP contribution in [0, 0.1) is 18.6 Å². The number of rotatable bonds is 28. The molecule has 11 aromatic rings. The van der Waals surface area contributed by atoms with Gasteiger partial charge in [0.1, 0.15) is 28.7 Å². The average Bonchev–Trinajstić information content (AvgIpc) is 0.805. The fourth-order valence-corrected chi connectivity index (χ4v) is 10.5. The van der Waals surface area contributed by atoms with Gasteiger partial charge in [-0.05, 0) is 158 Å². The number of amides is 5. The Balaban J connectivity index is 0.000000177. The number of hydrogen-bond donors (Lipinski definition) is 12. The Bertz CT molecular complexity index is 5240. The van der Waals surface area contributed by atoms with Crippen LogP contribution in [0.25, 0.3) is 0 Å². The van der Waals surface area contributed by atoms with Gasteiger partial charge in [-0.25, -0.2) is 28.7 Å². The van der Waals surface area contributed by atoms with Crippen LogP contribution in [0.3, 0.4) is 0 Å². The van der Waals surface area contributed by atoms with E-state index in [-0.39, 0.29) is 59.2 Å². The summed E-state index contributed by atoms with van der Waals surface area (Å²) in [6.07, 6.45) is 6.42. The van der Waals surface area contributed by atoms with Gasteiger partial charge in [-0.1, -0.05) is 93.0 Å². The van der Waals surface area contributed by atoms with Gasteiger partial charge in [0.05, 0.1) is 26.6 Å². The summed E-state index contributed by atoms with van der Waals surface area (Å²) >= 11 is 0. The highest BCUT2D eigenvalue weighted by Gasteiger charge is 2.36. The van der Waals surface area contributed by atoms with E-state index < -0.39 is 35.1 Å². The third kappa shape index (κ3) is 27.1. The number of piperidine rings is 1. The number of halogens is 5. The quantitative estimate of drug-likeness (QED) is 0.0160. The molecule has 12 N–H and O–H groups in total. The van der Waals surface area contributed by atoms with E-state index in [1.165, 1.54) is 31.4 Å². The topological polar surface area (TPSA) is 355 Å². The summed E-state index contributed by atoms with van der Waals surface area (Å²) in [4.78, 5) is 92.0. The molecule has 1 aliphatic heterocycles. The lowest BCUT2D eigenvalue weighted by atomic mass is 10.1. The van der Waals surface area contributed by atoms with E-state index in [9.17, 15) is 45.9 Å². The molecule has 1 unspecified atom stereocenters. The molecule has 116 heavy (non-hydrogen) atoms. The molecule has 5 amide bonds. The van der Waals surface area contributed by atoms with Gasteiger partial charge >= 0.3 is 6.18 Å². The minimum atomic E-state index is -4.68. The number of para-hydroxylation sites is 1. The second kappa shape index (κ2) is 42.3. The fraction of sp³-hybridized carbons (Fsp3) is 0.145. The molecule has 0 aliphatic carbocycles. The first-order chi connectivity index (χ1) is 55.9. The molecule has 33 heteroatoms. The largest absolute Gasteiger partial charge is 0.497 e. The number of aryl methyl sites for hydroxylation is 1. The molecule has 1 aliphatic rings. The molecule has 0 saturated carbocycles. The van der Waals surface area contributed by atoms with Crippen molar-refractivity contribution in [1.29, 1.82) is 0 Å². The summed E-state index contributed by atoms with van der Waals surface area (Å²) in [6.45, 7) is 19.3. The van der Waals surface area contributed by atoms with Gasteiger partial charge in [-0.2, -0.15) is 33.1 Å². The molecular weight excluding hydrogens is 1500 g/mol. The molecule has 1 saturated heterocycles. The van der Waals surface area contributed by atoms with Gasteiger partial charge in [0.15, 0.2) is 23.3 Å². The summed E-state index contributed by atoms with van der Waals surface area (Å²) < 4.78 is 79.1. The number of methoxy groups -OCH3 is 2. The number of aromatic nitrogens is 8. The molecule has 596 valence electrons. The van der Waals surface area contributed by atoms with Crippen molar-refractivity contribution in [1.82, 2.24) is 50.1 Å². The molecule has 0 radical (unpaired) electrons. The first-order valence-corrected chi connectivity index (χ1v) is 35.6. The van der Waals surface area contributed by atoms with Crippen LogP contribution in [0.5, 0.6) is 11.5 Å². The molecular formula is C83H82F5N21O7. The van der Waals surface area contributed by atoms with Crippen LogP contribution in [0.4, 0.5) is 120 Å². The number of likely N-dealkylation sites (tertiary alicyclic amines) is 1. The second-order valence-electron chi connectivity index (χ2n) is 24.9. The van der Waals surface area contributed by atoms with Crippen LogP contribution in [0.2, 0.25) is 0 Å². The number of carbonyl (C=O) groups is 5. The highest BCUT2D eigenvalue weighted by molar-refractivity contribution is 6.00. The molecule has 4 aromatic heterocycles. The van der Waals surface area contributed by atoms with Crippen molar-refractivity contribution >= 4 is 128 Å². The van der Waals surface area contributed by atoms with E-state index in [2.05, 4.69) is 130 Å². The SMILES string of the molecule is C=CC(=O)NCc1ccc(Nc2nc(Nc3ccccc3)ncc2C)cc1.C=CC(=O)Nc1cccc(Nc2nc(NC3CCCN(C(C)=O)C3)ncc2F)c1.C=CC(=O)Nc1cccc(Nc2nc(NCc3ccc(OC)cc3)ncc2F)c1.C=CC(=O)Nc1cccc(Nc2nc(Nc3cccc(OC)c3)ncc2C(F)(F)F)c1. The average molecular weight is 1580 g/mol. The van der Waals surface area contributed by atoms with Crippen molar-refractivity contribution in [2.24, 2.45) is 0 Å². The summed E-state index contributed by atoms with van der Waals surface area (Å²) in [7, 11) is 3.11. The number of carbonyl (C=O) groups excluding carboxylic acids is 5. The Morgan fingerprint density at radius 2 is 0.897 bits per heavy atom. The van der Waals surface area contributed by atoms with Crippen LogP contribution in [-0.2, 0) is 43.2 Å². The minimum Gasteiger partial charge on any atom is -0.497 e. The zero-order chi connectivity index (χ0) is 82.9. The number of hydrogen-bond acceptors (Lipinski definition) is 23. The van der Waals surface area contributed by atoms with E-state index in [4.69, 9.17) is 9.47 Å². The van der Waals surface area contributed by atoms with Gasteiger partial charge in [0.25, 0.3) is 0 Å². The first-order valence-electron chi connectivity index (χ1n) is 35.6. The van der Waals surface area contributed by atoms with Gasteiger partial charge in [-0.3, -0.25) is 24.0 Å². The Morgan fingerprint density at radius 3 is 1.43 bits per heavy atom. The molecule has 5 heterocycles. The summed E-state index contributed by atoms with van der Waals surface area (Å²) in [5.74, 6) is 0.210. The fourth-order valence-electron chi connectivity index (χ4n) is 10.5. The zero-order valence-corrected chi connectivity index (χ0v) is 63.3. The van der Waals surface area contributed by atoms with Crippen LogP contribution in [-0.4, -0.2) is 108 Å².